The van der Waals surface area contributed by atoms with E-state index in [9.17, 15) is 22.4 Å². The third-order valence-corrected chi connectivity index (χ3v) is 9.27. The van der Waals surface area contributed by atoms with Gasteiger partial charge in [0.15, 0.2) is 10.8 Å². The number of sulfonamides is 1. The molecule has 1 aromatic carbocycles. The minimum absolute atomic E-state index is 0.140. The van der Waals surface area contributed by atoms with Crippen molar-refractivity contribution < 1.29 is 32.2 Å². The van der Waals surface area contributed by atoms with Crippen LogP contribution in [-0.4, -0.2) is 66.5 Å². The van der Waals surface area contributed by atoms with Gasteiger partial charge in [0, 0.05) is 41.8 Å². The van der Waals surface area contributed by atoms with Crippen molar-refractivity contribution in [2.45, 2.75) is 25.3 Å². The number of carbonyl (C=O) groups excluding carboxylic acids is 1. The minimum Gasteiger partial charge on any atom is -0.481 e. The van der Waals surface area contributed by atoms with E-state index in [1.807, 2.05) is 0 Å². The number of carbonyl (C=O) groups is 2. The molecule has 1 unspecified atom stereocenters. The summed E-state index contributed by atoms with van der Waals surface area (Å²) < 4.78 is 45.9. The summed E-state index contributed by atoms with van der Waals surface area (Å²) in [6, 6.07) is 3.29. The number of esters is 1. The number of methoxy groups -OCH3 is 1. The van der Waals surface area contributed by atoms with Crippen molar-refractivity contribution in [3.63, 3.8) is 0 Å². The van der Waals surface area contributed by atoms with Gasteiger partial charge in [-0.2, -0.15) is 0 Å². The summed E-state index contributed by atoms with van der Waals surface area (Å²) in [5, 5.41) is 14.2. The van der Waals surface area contributed by atoms with Crippen LogP contribution in [0.25, 0.3) is 0 Å². The summed E-state index contributed by atoms with van der Waals surface area (Å²) in [6.07, 6.45) is 1.83. The van der Waals surface area contributed by atoms with E-state index >= 15 is 0 Å². The van der Waals surface area contributed by atoms with Gasteiger partial charge in [-0.05, 0) is 18.9 Å². The van der Waals surface area contributed by atoms with Gasteiger partial charge in [-0.1, -0.05) is 23.7 Å². The van der Waals surface area contributed by atoms with E-state index in [2.05, 4.69) is 15.3 Å². The van der Waals surface area contributed by atoms with Crippen LogP contribution in [0.4, 0.5) is 4.39 Å². The fourth-order valence-corrected chi connectivity index (χ4v) is 6.67. The maximum atomic E-state index is 14.4. The summed E-state index contributed by atoms with van der Waals surface area (Å²) in [5.74, 6) is -2.92. The van der Waals surface area contributed by atoms with Gasteiger partial charge in [0.25, 0.3) is 0 Å². The molecule has 2 aliphatic heterocycles. The highest BCUT2D eigenvalue weighted by Gasteiger charge is 2.39. The van der Waals surface area contributed by atoms with E-state index < -0.39 is 46.0 Å². The van der Waals surface area contributed by atoms with Crippen molar-refractivity contribution >= 4 is 50.7 Å². The zero-order chi connectivity index (χ0) is 26.7. The highest BCUT2D eigenvalue weighted by molar-refractivity contribution is 7.89. The monoisotopic (exact) mass is 570 g/mol. The first kappa shape index (κ1) is 27.2. The zero-order valence-electron chi connectivity index (χ0n) is 19.7. The molecule has 37 heavy (non-hydrogen) atoms. The highest BCUT2D eigenvalue weighted by Crippen LogP contribution is 2.40. The average Bonchev–Trinajstić information content (AvgIpc) is 3.43. The number of thiazole rings is 1. The number of carboxylic acids is 1. The molecule has 0 amide bonds. The molecule has 1 aromatic heterocycles. The van der Waals surface area contributed by atoms with Gasteiger partial charge in [0.05, 0.1) is 29.9 Å². The van der Waals surface area contributed by atoms with Crippen molar-refractivity contribution in [2.24, 2.45) is 10.9 Å². The lowest BCUT2D eigenvalue weighted by Crippen LogP contribution is -2.44. The smallest absolute Gasteiger partial charge is 0.338 e. The molecule has 0 bridgehead atoms. The van der Waals surface area contributed by atoms with E-state index in [4.69, 9.17) is 21.4 Å². The largest absolute Gasteiger partial charge is 0.481 e. The summed E-state index contributed by atoms with van der Waals surface area (Å²) in [7, 11) is -2.51. The molecule has 3 heterocycles. The second-order valence-electron chi connectivity index (χ2n) is 8.44. The first-order valence-electron chi connectivity index (χ1n) is 11.3. The minimum atomic E-state index is -3.74. The SMILES string of the molecule is COC(=O)C1=C(C2CCN(S(=O)(=O)CCC(=O)O)CC2)NC(c2nccs2)=NC1c1cccc(F)c1Cl. The van der Waals surface area contributed by atoms with Crippen LogP contribution in [0.15, 0.2) is 46.0 Å². The first-order valence-corrected chi connectivity index (χ1v) is 14.2. The zero-order valence-corrected chi connectivity index (χ0v) is 22.1. The third kappa shape index (κ3) is 5.84. The lowest BCUT2D eigenvalue weighted by atomic mass is 9.86. The van der Waals surface area contributed by atoms with Crippen LogP contribution in [-0.2, 0) is 24.3 Å². The molecule has 0 aliphatic carbocycles. The number of amidine groups is 1. The van der Waals surface area contributed by atoms with Crippen LogP contribution < -0.4 is 5.32 Å². The second kappa shape index (κ2) is 11.3. The fraction of sp³-hybridized carbons (Fsp3) is 0.391. The Kier molecular flexibility index (Phi) is 8.26. The van der Waals surface area contributed by atoms with E-state index in [0.29, 0.717) is 29.4 Å². The number of rotatable bonds is 8. The van der Waals surface area contributed by atoms with Crippen LogP contribution in [0.1, 0.15) is 35.9 Å². The van der Waals surface area contributed by atoms with Gasteiger partial charge in [-0.3, -0.25) is 9.79 Å². The number of ether oxygens (including phenoxy) is 1. The van der Waals surface area contributed by atoms with Crippen molar-refractivity contribution in [3.05, 3.63) is 62.5 Å². The number of piperidine rings is 1. The molecule has 0 radical (unpaired) electrons. The number of benzene rings is 1. The van der Waals surface area contributed by atoms with Crippen LogP contribution in [0, 0.1) is 11.7 Å². The Bertz CT molecular complexity index is 1360. The first-order chi connectivity index (χ1) is 17.6. The van der Waals surface area contributed by atoms with Gasteiger partial charge in [0.2, 0.25) is 10.0 Å². The number of nitrogens with one attached hydrogen (secondary N) is 1. The molecule has 10 nitrogen and oxygen atoms in total. The van der Waals surface area contributed by atoms with E-state index in [1.165, 1.54) is 34.9 Å². The van der Waals surface area contributed by atoms with Gasteiger partial charge in [-0.25, -0.2) is 26.9 Å². The molecule has 4 rings (SSSR count). The molecule has 14 heteroatoms. The number of carboxylic acid groups (broad SMARTS) is 1. The molecule has 2 N–H and O–H groups in total. The predicted molar refractivity (Wildman–Crippen MR) is 135 cm³/mol. The third-order valence-electron chi connectivity index (χ3n) is 6.22. The summed E-state index contributed by atoms with van der Waals surface area (Å²) >= 11 is 7.62. The van der Waals surface area contributed by atoms with Crippen molar-refractivity contribution in [3.8, 4) is 0 Å². The maximum absolute atomic E-state index is 14.4. The van der Waals surface area contributed by atoms with Crippen LogP contribution in [0.5, 0.6) is 0 Å². The molecular formula is C23H24ClFN4O6S2. The molecule has 2 aliphatic rings. The normalized spacial score (nSPS) is 19.3. The van der Waals surface area contributed by atoms with E-state index in [-0.39, 0.29) is 35.2 Å². The lowest BCUT2D eigenvalue weighted by molar-refractivity contribution is -0.137. The number of hydrogen-bond acceptors (Lipinski definition) is 9. The van der Waals surface area contributed by atoms with Gasteiger partial charge < -0.3 is 15.2 Å². The van der Waals surface area contributed by atoms with Gasteiger partial charge in [-0.15, -0.1) is 11.3 Å². The predicted octanol–water partition coefficient (Wildman–Crippen LogP) is 2.97. The van der Waals surface area contributed by atoms with Crippen molar-refractivity contribution in [1.29, 1.82) is 0 Å². The van der Waals surface area contributed by atoms with Gasteiger partial charge >= 0.3 is 11.9 Å². The number of aliphatic imine (C=N–C) groups is 1. The number of aliphatic carboxylic acids is 1. The molecule has 0 saturated carbocycles. The quantitative estimate of drug-likeness (QED) is 0.462. The Morgan fingerprint density at radius 2 is 2.05 bits per heavy atom. The van der Waals surface area contributed by atoms with E-state index in [0.717, 1.165) is 0 Å². The molecule has 1 saturated heterocycles. The van der Waals surface area contributed by atoms with Crippen LogP contribution in [0.3, 0.4) is 0 Å². The molecule has 1 atom stereocenters. The van der Waals surface area contributed by atoms with E-state index in [1.54, 1.807) is 17.6 Å². The maximum Gasteiger partial charge on any atom is 0.338 e. The molecular weight excluding hydrogens is 547 g/mol. The standard InChI is InChI=1S/C23H24ClFN4O6S2/c1-35-23(32)17-19(13-5-9-29(10-6-13)37(33,34)12-7-16(30)31)27-21(22-26-8-11-36-22)28-20(17)14-3-2-4-15(25)18(14)24/h2-4,8,11,13,20H,5-7,9-10,12H2,1H3,(H,27,28)(H,30,31). The Morgan fingerprint density at radius 1 is 1.32 bits per heavy atom. The molecule has 2 aromatic rings. The molecule has 1 fully saturated rings. The van der Waals surface area contributed by atoms with Crippen molar-refractivity contribution in [2.75, 3.05) is 26.0 Å². The number of hydrogen-bond donors (Lipinski definition) is 2. The Hall–Kier alpha value is -2.87. The second-order valence-corrected chi connectivity index (χ2v) is 11.8. The fourth-order valence-electron chi connectivity index (χ4n) is 4.40. The summed E-state index contributed by atoms with van der Waals surface area (Å²) in [5.41, 5.74) is 0.922. The highest BCUT2D eigenvalue weighted by atomic mass is 35.5. The molecule has 0 spiro atoms. The van der Waals surface area contributed by atoms with Gasteiger partial charge in [0.1, 0.15) is 11.9 Å². The summed E-state index contributed by atoms with van der Waals surface area (Å²) in [4.78, 5) is 32.9. The number of aromatic nitrogens is 1. The van der Waals surface area contributed by atoms with Crippen molar-refractivity contribution in [1.82, 2.24) is 14.6 Å². The Morgan fingerprint density at radius 3 is 2.68 bits per heavy atom. The average molecular weight is 571 g/mol. The summed E-state index contributed by atoms with van der Waals surface area (Å²) in [6.45, 7) is 0.280. The molecule has 198 valence electrons. The van der Waals surface area contributed by atoms with Crippen LogP contribution in [0.2, 0.25) is 5.02 Å². The topological polar surface area (TPSA) is 138 Å². The number of halogens is 2. The lowest BCUT2D eigenvalue weighted by Gasteiger charge is -2.36. The Labute approximate surface area is 221 Å². The van der Waals surface area contributed by atoms with Crippen LogP contribution >= 0.6 is 22.9 Å². The number of allylic oxidation sites excluding steroid dienone is 1. The Balaban J connectivity index is 1.72. The number of nitrogens with zero attached hydrogens (tertiary/aromatic N) is 3.